The highest BCUT2D eigenvalue weighted by Crippen LogP contribution is 2.60. The van der Waals surface area contributed by atoms with Crippen molar-refractivity contribution in [1.29, 1.82) is 0 Å². The number of hydrogen-bond acceptors (Lipinski definition) is 1. The standard InChI is InChI=1S/C35H40OP/c1-22-15-25(4)33(26(5)16-22)37(21-32(36)31-13-11-10-12-14-31,34-27(6)17-23(2)18-28(34)7)35-29(8)19-24(3)20-30(35)9/h10-20H,21H2,1-9H3/q+1. The molecule has 0 radical (unpaired) electrons. The number of ketones is 1. The second kappa shape index (κ2) is 10.4. The maximum atomic E-state index is 14.3. The summed E-state index contributed by atoms with van der Waals surface area (Å²) in [6, 6.07) is 23.7. The van der Waals surface area contributed by atoms with Crippen molar-refractivity contribution in [1.82, 2.24) is 0 Å². The average Bonchev–Trinajstić information content (AvgIpc) is 2.77. The molecule has 4 aromatic carbocycles. The minimum Gasteiger partial charge on any atom is -0.290 e. The number of hydrogen-bond donors (Lipinski definition) is 0. The summed E-state index contributed by atoms with van der Waals surface area (Å²) in [6.45, 7) is 20.0. The Morgan fingerprint density at radius 3 is 1.11 bits per heavy atom. The summed E-state index contributed by atoms with van der Waals surface area (Å²) in [5, 5.41) is 4.10. The lowest BCUT2D eigenvalue weighted by Gasteiger charge is -2.34. The average molecular weight is 508 g/mol. The minimum absolute atomic E-state index is 0.215. The second-order valence-electron chi connectivity index (χ2n) is 11.0. The van der Waals surface area contributed by atoms with Crippen LogP contribution in [0.5, 0.6) is 0 Å². The van der Waals surface area contributed by atoms with E-state index < -0.39 is 7.26 Å². The molecular formula is C35H40OP+. The zero-order chi connectivity index (χ0) is 27.1. The van der Waals surface area contributed by atoms with Crippen LogP contribution >= 0.6 is 7.26 Å². The first-order chi connectivity index (χ1) is 17.5. The van der Waals surface area contributed by atoms with E-state index in [1.54, 1.807) is 0 Å². The van der Waals surface area contributed by atoms with Gasteiger partial charge in [-0.15, -0.1) is 0 Å². The predicted molar refractivity (Wildman–Crippen MR) is 163 cm³/mol. The van der Waals surface area contributed by atoms with Crippen molar-refractivity contribution in [3.8, 4) is 0 Å². The van der Waals surface area contributed by atoms with E-state index in [1.165, 1.54) is 66.0 Å². The summed E-state index contributed by atoms with van der Waals surface area (Å²) in [5.74, 6) is 0.215. The van der Waals surface area contributed by atoms with E-state index in [0.29, 0.717) is 6.16 Å². The van der Waals surface area contributed by atoms with E-state index in [2.05, 4.69) is 98.7 Å². The lowest BCUT2D eigenvalue weighted by atomic mass is 10.1. The zero-order valence-corrected chi connectivity index (χ0v) is 24.8. The van der Waals surface area contributed by atoms with Crippen molar-refractivity contribution in [2.75, 3.05) is 6.16 Å². The van der Waals surface area contributed by atoms with E-state index >= 15 is 0 Å². The third-order valence-corrected chi connectivity index (χ3v) is 12.7. The fourth-order valence-electron chi connectivity index (χ4n) is 6.83. The van der Waals surface area contributed by atoms with E-state index in [9.17, 15) is 4.79 Å². The zero-order valence-electron chi connectivity index (χ0n) is 23.9. The maximum Gasteiger partial charge on any atom is 0.201 e. The largest absolute Gasteiger partial charge is 0.290 e. The SMILES string of the molecule is Cc1cc(C)c([P+](CC(=O)c2ccccc2)(c2c(C)cc(C)cc2C)c2c(C)cc(C)cc2C)c(C)c1. The van der Waals surface area contributed by atoms with E-state index in [1.807, 2.05) is 30.3 Å². The van der Waals surface area contributed by atoms with E-state index in [4.69, 9.17) is 0 Å². The van der Waals surface area contributed by atoms with Crippen molar-refractivity contribution in [2.24, 2.45) is 0 Å². The molecule has 0 spiro atoms. The molecule has 0 aliphatic heterocycles. The molecule has 0 aliphatic carbocycles. The van der Waals surface area contributed by atoms with Crippen molar-refractivity contribution in [3.05, 3.63) is 122 Å². The fourth-order valence-corrected chi connectivity index (χ4v) is 12.6. The molecule has 4 rings (SSSR count). The number of Topliss-reactive ketones (excluding diaryl/α,β-unsaturated/α-hetero) is 1. The molecule has 190 valence electrons. The molecular weight excluding hydrogens is 467 g/mol. The van der Waals surface area contributed by atoms with Crippen molar-refractivity contribution >= 4 is 29.0 Å². The van der Waals surface area contributed by atoms with Crippen LogP contribution < -0.4 is 15.9 Å². The van der Waals surface area contributed by atoms with Gasteiger partial charge in [-0.1, -0.05) is 83.4 Å². The van der Waals surface area contributed by atoms with Crippen LogP contribution in [0, 0.1) is 62.3 Å². The molecule has 0 bridgehead atoms. The van der Waals surface area contributed by atoms with Gasteiger partial charge in [-0.05, 0) is 95.7 Å². The Balaban J connectivity index is 2.24. The van der Waals surface area contributed by atoms with Gasteiger partial charge >= 0.3 is 0 Å². The normalized spacial score (nSPS) is 11.6. The van der Waals surface area contributed by atoms with E-state index in [0.717, 1.165) is 5.56 Å². The van der Waals surface area contributed by atoms with Gasteiger partial charge in [-0.25, -0.2) is 0 Å². The van der Waals surface area contributed by atoms with Crippen molar-refractivity contribution in [3.63, 3.8) is 0 Å². The highest BCUT2D eigenvalue weighted by Gasteiger charge is 2.52. The summed E-state index contributed by atoms with van der Waals surface area (Å²) >= 11 is 0. The van der Waals surface area contributed by atoms with Gasteiger partial charge in [0.15, 0.2) is 0 Å². The summed E-state index contributed by atoms with van der Waals surface area (Å²) in [5.41, 5.74) is 12.3. The molecule has 0 amide bonds. The molecule has 0 aliphatic rings. The number of carbonyl (C=O) groups is 1. The van der Waals surface area contributed by atoms with Gasteiger partial charge in [0, 0.05) is 5.56 Å². The van der Waals surface area contributed by atoms with Crippen LogP contribution in [0.4, 0.5) is 0 Å². The molecule has 37 heavy (non-hydrogen) atoms. The van der Waals surface area contributed by atoms with Gasteiger partial charge in [0.05, 0.1) is 0 Å². The van der Waals surface area contributed by atoms with Gasteiger partial charge in [-0.3, -0.25) is 4.79 Å². The molecule has 0 saturated heterocycles. The van der Waals surface area contributed by atoms with Crippen LogP contribution in [-0.4, -0.2) is 11.9 Å². The summed E-state index contributed by atoms with van der Waals surface area (Å²) in [6.07, 6.45) is 0.483. The lowest BCUT2D eigenvalue weighted by molar-refractivity contribution is 0.102. The molecule has 0 fully saturated rings. The molecule has 0 heterocycles. The van der Waals surface area contributed by atoms with Crippen molar-refractivity contribution in [2.45, 2.75) is 62.3 Å². The van der Waals surface area contributed by atoms with Crippen LogP contribution in [0.15, 0.2) is 66.7 Å². The Kier molecular flexibility index (Phi) is 7.59. The van der Waals surface area contributed by atoms with Crippen LogP contribution in [0.25, 0.3) is 0 Å². The van der Waals surface area contributed by atoms with Gasteiger partial charge in [-0.2, -0.15) is 0 Å². The molecule has 4 aromatic rings. The first-order valence-corrected chi connectivity index (χ1v) is 15.1. The van der Waals surface area contributed by atoms with E-state index in [-0.39, 0.29) is 5.78 Å². The second-order valence-corrected chi connectivity index (χ2v) is 14.3. The van der Waals surface area contributed by atoms with Crippen LogP contribution in [0.3, 0.4) is 0 Å². The molecule has 0 saturated carbocycles. The number of carbonyl (C=O) groups excluding carboxylic acids is 1. The number of aryl methyl sites for hydroxylation is 9. The first-order valence-electron chi connectivity index (χ1n) is 13.2. The van der Waals surface area contributed by atoms with Crippen molar-refractivity contribution < 1.29 is 4.79 Å². The molecule has 0 aromatic heterocycles. The number of rotatable bonds is 6. The smallest absolute Gasteiger partial charge is 0.201 e. The number of benzene rings is 4. The third kappa shape index (κ3) is 4.95. The molecule has 0 N–H and O–H groups in total. The summed E-state index contributed by atoms with van der Waals surface area (Å²) in [7, 11) is -2.41. The predicted octanol–water partition coefficient (Wildman–Crippen LogP) is 7.64. The quantitative estimate of drug-likeness (QED) is 0.194. The van der Waals surface area contributed by atoms with Crippen LogP contribution in [0.1, 0.15) is 60.4 Å². The minimum atomic E-state index is -2.41. The third-order valence-electron chi connectivity index (χ3n) is 7.53. The van der Waals surface area contributed by atoms with Gasteiger partial charge in [0.25, 0.3) is 0 Å². The van der Waals surface area contributed by atoms with Gasteiger partial charge in [0.2, 0.25) is 5.78 Å². The van der Waals surface area contributed by atoms with Crippen LogP contribution in [0.2, 0.25) is 0 Å². The Morgan fingerprint density at radius 1 is 0.514 bits per heavy atom. The maximum absolute atomic E-state index is 14.3. The monoisotopic (exact) mass is 507 g/mol. The molecule has 2 heteroatoms. The Labute approximate surface area is 224 Å². The first kappa shape index (κ1) is 27.0. The molecule has 1 nitrogen and oxygen atoms in total. The van der Waals surface area contributed by atoms with Gasteiger partial charge < -0.3 is 0 Å². The lowest BCUT2D eigenvalue weighted by Crippen LogP contribution is -2.42. The molecule has 0 unspecified atom stereocenters. The Bertz CT molecular complexity index is 1280. The fraction of sp³-hybridized carbons (Fsp3) is 0.286. The summed E-state index contributed by atoms with van der Waals surface area (Å²) < 4.78 is 0. The Morgan fingerprint density at radius 2 is 0.811 bits per heavy atom. The van der Waals surface area contributed by atoms with Crippen LogP contribution in [-0.2, 0) is 0 Å². The topological polar surface area (TPSA) is 17.1 Å². The molecule has 0 atom stereocenters. The Hall–Kier alpha value is -3.02. The van der Waals surface area contributed by atoms with Gasteiger partial charge in [0.1, 0.15) is 29.3 Å². The highest BCUT2D eigenvalue weighted by molar-refractivity contribution is 7.96. The summed E-state index contributed by atoms with van der Waals surface area (Å²) in [4.78, 5) is 14.3. The highest BCUT2D eigenvalue weighted by atomic mass is 31.2.